The molecule has 0 spiro atoms. The highest BCUT2D eigenvalue weighted by atomic mass is 32.2. The van der Waals surface area contributed by atoms with Gasteiger partial charge in [0.1, 0.15) is 11.4 Å². The Hall–Kier alpha value is -4.22. The summed E-state index contributed by atoms with van der Waals surface area (Å²) in [6.45, 7) is 0.488. The third kappa shape index (κ3) is 7.06. The monoisotopic (exact) mass is 610 g/mol. The van der Waals surface area contributed by atoms with Crippen molar-refractivity contribution >= 4 is 32.4 Å². The molecule has 1 saturated carbocycles. The van der Waals surface area contributed by atoms with Crippen molar-refractivity contribution in [1.29, 1.82) is 0 Å². The summed E-state index contributed by atoms with van der Waals surface area (Å²) in [6.07, 6.45) is 1.19. The molecule has 1 fully saturated rings. The van der Waals surface area contributed by atoms with Gasteiger partial charge in [0.15, 0.2) is 0 Å². The van der Waals surface area contributed by atoms with Crippen molar-refractivity contribution in [2.75, 3.05) is 24.7 Å². The summed E-state index contributed by atoms with van der Waals surface area (Å²) in [5.41, 5.74) is 1.15. The number of ether oxygens (including phenoxy) is 1. The molecule has 0 saturated heterocycles. The van der Waals surface area contributed by atoms with E-state index in [2.05, 4.69) is 9.71 Å². The van der Waals surface area contributed by atoms with Crippen LogP contribution in [0.25, 0.3) is 22.0 Å². The van der Waals surface area contributed by atoms with Gasteiger partial charge in [0.2, 0.25) is 15.8 Å². The number of halogens is 3. The van der Waals surface area contributed by atoms with Crippen LogP contribution in [0.1, 0.15) is 28.0 Å². The Morgan fingerprint density at radius 1 is 1.09 bits per heavy atom. The van der Waals surface area contributed by atoms with Crippen LogP contribution in [0.2, 0.25) is 0 Å². The number of anilines is 1. The van der Waals surface area contributed by atoms with E-state index in [1.54, 1.807) is 37.4 Å². The lowest BCUT2D eigenvalue weighted by Gasteiger charge is -2.15. The second kappa shape index (κ2) is 11.5. The molecular formula is C32H29F3N2O5S. The molecule has 0 unspecified atom stereocenters. The Morgan fingerprint density at radius 2 is 1.81 bits per heavy atom. The van der Waals surface area contributed by atoms with E-state index in [9.17, 15) is 31.5 Å². The van der Waals surface area contributed by atoms with Crippen molar-refractivity contribution in [1.82, 2.24) is 4.98 Å². The summed E-state index contributed by atoms with van der Waals surface area (Å²) < 4.78 is 72.1. The normalized spacial score (nSPS) is 18.7. The van der Waals surface area contributed by atoms with Crippen molar-refractivity contribution in [3.8, 4) is 16.9 Å². The highest BCUT2D eigenvalue weighted by Gasteiger charge is 2.52. The van der Waals surface area contributed by atoms with Gasteiger partial charge in [-0.2, -0.15) is 13.2 Å². The Morgan fingerprint density at radius 3 is 2.49 bits per heavy atom. The summed E-state index contributed by atoms with van der Waals surface area (Å²) in [5, 5.41) is 9.91. The number of pyridine rings is 1. The number of carbonyl (C=O) groups is 1. The van der Waals surface area contributed by atoms with Crippen LogP contribution in [0, 0.1) is 11.3 Å². The average molecular weight is 611 g/mol. The summed E-state index contributed by atoms with van der Waals surface area (Å²) in [4.78, 5) is 17.7. The Labute approximate surface area is 247 Å². The predicted molar refractivity (Wildman–Crippen MR) is 158 cm³/mol. The topological polar surface area (TPSA) is 106 Å². The number of sulfonamides is 1. The van der Waals surface area contributed by atoms with Gasteiger partial charge in [0.05, 0.1) is 29.6 Å². The van der Waals surface area contributed by atoms with Gasteiger partial charge in [-0.25, -0.2) is 13.4 Å². The minimum absolute atomic E-state index is 0.0123. The minimum Gasteiger partial charge on any atom is -0.508 e. The van der Waals surface area contributed by atoms with Gasteiger partial charge in [-0.05, 0) is 84.0 Å². The fourth-order valence-electron chi connectivity index (χ4n) is 5.36. The number of ketones is 1. The van der Waals surface area contributed by atoms with E-state index >= 15 is 0 Å². The van der Waals surface area contributed by atoms with Crippen molar-refractivity contribution < 1.29 is 36.2 Å². The van der Waals surface area contributed by atoms with Gasteiger partial charge in [-0.15, -0.1) is 0 Å². The molecule has 1 aromatic heterocycles. The van der Waals surface area contributed by atoms with Crippen molar-refractivity contribution in [2.24, 2.45) is 11.3 Å². The highest BCUT2D eigenvalue weighted by molar-refractivity contribution is 7.92. The SMILES string of the molecule is COC[C@]1(Cc2ccc(O)cc2)C[C@H]1/C=C/C(=O)c1cc(NS(C)(=O)=O)c2cc(-c3cccc(C(F)(F)F)c3)ccc2n1. The van der Waals surface area contributed by atoms with E-state index in [0.29, 0.717) is 35.1 Å². The molecule has 5 rings (SSSR count). The molecule has 43 heavy (non-hydrogen) atoms. The lowest BCUT2D eigenvalue weighted by Crippen LogP contribution is -2.15. The number of carbonyl (C=O) groups excluding carboxylic acids is 1. The van der Waals surface area contributed by atoms with Crippen LogP contribution >= 0.6 is 0 Å². The lowest BCUT2D eigenvalue weighted by molar-refractivity contribution is -0.137. The summed E-state index contributed by atoms with van der Waals surface area (Å²) in [6, 6.07) is 17.8. The summed E-state index contributed by atoms with van der Waals surface area (Å²) in [7, 11) is -2.15. The number of nitrogens with one attached hydrogen (secondary N) is 1. The maximum absolute atomic E-state index is 13.3. The molecule has 224 valence electrons. The number of fused-ring (bicyclic) bond motifs is 1. The fourth-order valence-corrected chi connectivity index (χ4v) is 5.93. The zero-order chi connectivity index (χ0) is 31.0. The molecule has 4 aromatic rings. The van der Waals surface area contributed by atoms with Crippen LogP contribution in [-0.4, -0.2) is 44.3 Å². The van der Waals surface area contributed by atoms with Gasteiger partial charge in [-0.3, -0.25) is 9.52 Å². The first-order valence-corrected chi connectivity index (χ1v) is 15.3. The van der Waals surface area contributed by atoms with E-state index in [0.717, 1.165) is 30.4 Å². The van der Waals surface area contributed by atoms with Crippen LogP contribution in [0.4, 0.5) is 18.9 Å². The number of hydrogen-bond donors (Lipinski definition) is 2. The van der Waals surface area contributed by atoms with Gasteiger partial charge < -0.3 is 9.84 Å². The molecule has 0 bridgehead atoms. The van der Waals surface area contributed by atoms with E-state index in [4.69, 9.17) is 4.74 Å². The molecule has 2 N–H and O–H groups in total. The Bertz CT molecular complexity index is 1820. The first-order chi connectivity index (χ1) is 20.3. The second-order valence-corrected chi connectivity index (χ2v) is 12.7. The van der Waals surface area contributed by atoms with E-state index in [-0.39, 0.29) is 28.5 Å². The molecule has 7 nitrogen and oxygen atoms in total. The van der Waals surface area contributed by atoms with Crippen LogP contribution < -0.4 is 4.72 Å². The van der Waals surface area contributed by atoms with Crippen molar-refractivity contribution in [3.63, 3.8) is 0 Å². The first-order valence-electron chi connectivity index (χ1n) is 13.4. The number of aromatic nitrogens is 1. The third-order valence-corrected chi connectivity index (χ3v) is 8.13. The molecule has 0 radical (unpaired) electrons. The molecule has 1 aliphatic carbocycles. The van der Waals surface area contributed by atoms with Gasteiger partial charge in [0, 0.05) is 17.9 Å². The first kappa shape index (κ1) is 30.2. The maximum Gasteiger partial charge on any atom is 0.416 e. The predicted octanol–water partition coefficient (Wildman–Crippen LogP) is 6.63. The summed E-state index contributed by atoms with van der Waals surface area (Å²) in [5.74, 6) is -0.181. The molecule has 11 heteroatoms. The number of rotatable bonds is 10. The van der Waals surface area contributed by atoms with E-state index in [1.807, 2.05) is 18.2 Å². The Balaban J connectivity index is 1.44. The standard InChI is InChI=1S/C32H29F3N2O5S/c1-42-19-31(17-20-6-10-25(38)11-7-20)18-24(31)9-13-30(39)29-16-28(37-43(2,40)41)26-15-22(8-12-27(26)36-29)21-4-3-5-23(14-21)32(33,34)35/h3-16,24,38H,17-19H2,1-2H3,(H,36,37)/b13-9+/t24-,31+/m1/s1. The fraction of sp³-hybridized carbons (Fsp3) is 0.250. The van der Waals surface area contributed by atoms with Crippen molar-refractivity contribution in [2.45, 2.75) is 19.0 Å². The van der Waals surface area contributed by atoms with Crippen LogP contribution in [-0.2, 0) is 27.4 Å². The zero-order valence-corrected chi connectivity index (χ0v) is 24.2. The number of nitrogens with zero attached hydrogens (tertiary/aromatic N) is 1. The molecule has 2 atom stereocenters. The molecule has 3 aromatic carbocycles. The number of phenols is 1. The largest absolute Gasteiger partial charge is 0.508 e. The van der Waals surface area contributed by atoms with E-state index in [1.165, 1.54) is 24.3 Å². The number of benzene rings is 3. The number of methoxy groups -OCH3 is 1. The van der Waals surface area contributed by atoms with Gasteiger partial charge >= 0.3 is 6.18 Å². The lowest BCUT2D eigenvalue weighted by atomic mass is 9.94. The van der Waals surface area contributed by atoms with Crippen molar-refractivity contribution in [3.05, 3.63) is 102 Å². The van der Waals surface area contributed by atoms with Crippen LogP contribution in [0.15, 0.2) is 84.9 Å². The highest BCUT2D eigenvalue weighted by Crippen LogP contribution is 2.56. The molecule has 0 aliphatic heterocycles. The zero-order valence-electron chi connectivity index (χ0n) is 23.4. The number of hydrogen-bond acceptors (Lipinski definition) is 6. The number of phenolic OH excluding ortho intramolecular Hbond substituents is 1. The summed E-state index contributed by atoms with van der Waals surface area (Å²) >= 11 is 0. The number of allylic oxidation sites excluding steroid dienone is 2. The second-order valence-electron chi connectivity index (χ2n) is 10.9. The molecule has 1 aliphatic rings. The molecule has 1 heterocycles. The molecular weight excluding hydrogens is 581 g/mol. The van der Waals surface area contributed by atoms with Gasteiger partial charge in [-0.1, -0.05) is 36.4 Å². The Kier molecular flexibility index (Phi) is 8.06. The van der Waals surface area contributed by atoms with Crippen LogP contribution in [0.3, 0.4) is 0 Å². The van der Waals surface area contributed by atoms with Gasteiger partial charge in [0.25, 0.3) is 0 Å². The smallest absolute Gasteiger partial charge is 0.416 e. The third-order valence-electron chi connectivity index (χ3n) is 7.54. The molecule has 0 amide bonds. The quantitative estimate of drug-likeness (QED) is 0.154. The number of alkyl halides is 3. The van der Waals surface area contributed by atoms with Crippen LogP contribution in [0.5, 0.6) is 5.75 Å². The maximum atomic E-state index is 13.3. The average Bonchev–Trinajstić information content (AvgIpc) is 3.63. The minimum atomic E-state index is -4.52. The number of aromatic hydroxyl groups is 1. The van der Waals surface area contributed by atoms with E-state index < -0.39 is 27.5 Å².